The molecule has 0 spiro atoms. The first-order chi connectivity index (χ1) is 18.0. The van der Waals surface area contributed by atoms with E-state index in [0.717, 1.165) is 50.6 Å². The average Bonchev–Trinajstić information content (AvgIpc) is 3.30. The summed E-state index contributed by atoms with van der Waals surface area (Å²) in [4.78, 5) is 26.1. The SMILES string of the molecule is Cl.N#Cc1ccc(Cl)c(-c2ccc3c(c2)c(NC(=O)[C@@H]2CCCNC2)nn3C(=O)OCC2CCCCC2)c1. The molecular formula is C28H31Cl2N5O3. The predicted molar refractivity (Wildman–Crippen MR) is 150 cm³/mol. The third kappa shape index (κ3) is 6.12. The Bertz CT molecular complexity index is 1350. The lowest BCUT2D eigenvalue weighted by Crippen LogP contribution is -2.37. The van der Waals surface area contributed by atoms with Crippen LogP contribution in [0.3, 0.4) is 0 Å². The van der Waals surface area contributed by atoms with Crippen LogP contribution in [-0.2, 0) is 9.53 Å². The minimum absolute atomic E-state index is 0. The van der Waals surface area contributed by atoms with Gasteiger partial charge >= 0.3 is 6.09 Å². The van der Waals surface area contributed by atoms with E-state index >= 15 is 0 Å². The molecule has 2 aliphatic rings. The Balaban J connectivity index is 0.00000336. The summed E-state index contributed by atoms with van der Waals surface area (Å²) in [5, 5.41) is 21.1. The predicted octanol–water partition coefficient (Wildman–Crippen LogP) is 6.15. The summed E-state index contributed by atoms with van der Waals surface area (Å²) in [6, 6.07) is 12.6. The van der Waals surface area contributed by atoms with Crippen molar-refractivity contribution in [3.63, 3.8) is 0 Å². The highest BCUT2D eigenvalue weighted by atomic mass is 35.5. The van der Waals surface area contributed by atoms with Crippen LogP contribution in [0, 0.1) is 23.2 Å². The van der Waals surface area contributed by atoms with Gasteiger partial charge in [-0.1, -0.05) is 36.9 Å². The van der Waals surface area contributed by atoms with Crippen molar-refractivity contribution in [3.8, 4) is 17.2 Å². The number of benzene rings is 2. The molecule has 2 fully saturated rings. The van der Waals surface area contributed by atoms with Gasteiger partial charge in [0.1, 0.15) is 0 Å². The molecule has 1 amide bonds. The van der Waals surface area contributed by atoms with Crippen LogP contribution in [0.2, 0.25) is 5.02 Å². The number of halogens is 2. The Hall–Kier alpha value is -3.12. The fourth-order valence-corrected chi connectivity index (χ4v) is 5.46. The number of amides is 1. The van der Waals surface area contributed by atoms with E-state index in [1.165, 1.54) is 11.1 Å². The number of nitrogens with one attached hydrogen (secondary N) is 2. The lowest BCUT2D eigenvalue weighted by molar-refractivity contribution is -0.120. The topological polar surface area (TPSA) is 109 Å². The highest BCUT2D eigenvalue weighted by Gasteiger charge is 2.25. The van der Waals surface area contributed by atoms with E-state index in [9.17, 15) is 14.9 Å². The number of nitrogens with zero attached hydrogens (tertiary/aromatic N) is 3. The summed E-state index contributed by atoms with van der Waals surface area (Å²) in [5.41, 5.74) is 2.45. The summed E-state index contributed by atoms with van der Waals surface area (Å²) in [6.45, 7) is 1.88. The fourth-order valence-electron chi connectivity index (χ4n) is 5.23. The van der Waals surface area contributed by atoms with Crippen molar-refractivity contribution >= 4 is 52.7 Å². The number of carbonyl (C=O) groups excluding carboxylic acids is 2. The monoisotopic (exact) mass is 555 g/mol. The second kappa shape index (κ2) is 12.6. The van der Waals surface area contributed by atoms with Crippen LogP contribution in [0.5, 0.6) is 0 Å². The van der Waals surface area contributed by atoms with Gasteiger partial charge in [-0.2, -0.15) is 9.94 Å². The number of fused-ring (bicyclic) bond motifs is 1. The van der Waals surface area contributed by atoms with Gasteiger partial charge in [0.25, 0.3) is 0 Å². The molecule has 0 radical (unpaired) electrons. The molecule has 38 heavy (non-hydrogen) atoms. The van der Waals surface area contributed by atoms with Gasteiger partial charge in [-0.3, -0.25) is 4.79 Å². The van der Waals surface area contributed by atoms with Gasteiger partial charge in [0.05, 0.1) is 29.7 Å². The molecule has 0 bridgehead atoms. The molecule has 0 unspecified atom stereocenters. The summed E-state index contributed by atoms with van der Waals surface area (Å²) < 4.78 is 6.88. The zero-order valence-electron chi connectivity index (χ0n) is 21.0. The maximum atomic E-state index is 13.1. The zero-order valence-corrected chi connectivity index (χ0v) is 22.6. The first-order valence-electron chi connectivity index (χ1n) is 12.9. The number of rotatable bonds is 5. The molecule has 2 aromatic carbocycles. The van der Waals surface area contributed by atoms with Gasteiger partial charge in [0.15, 0.2) is 5.82 Å². The Morgan fingerprint density at radius 2 is 1.95 bits per heavy atom. The molecule has 1 aromatic heterocycles. The minimum Gasteiger partial charge on any atom is -0.448 e. The van der Waals surface area contributed by atoms with Crippen molar-refractivity contribution in [2.45, 2.75) is 44.9 Å². The first-order valence-corrected chi connectivity index (χ1v) is 13.3. The number of hydrogen-bond acceptors (Lipinski definition) is 6. The number of carbonyl (C=O) groups is 2. The molecule has 2 heterocycles. The van der Waals surface area contributed by atoms with Gasteiger partial charge in [0.2, 0.25) is 5.91 Å². The van der Waals surface area contributed by atoms with E-state index in [2.05, 4.69) is 21.8 Å². The maximum Gasteiger partial charge on any atom is 0.435 e. The summed E-state index contributed by atoms with van der Waals surface area (Å²) in [5.74, 6) is 0.370. The molecule has 1 aliphatic heterocycles. The largest absolute Gasteiger partial charge is 0.448 e. The van der Waals surface area contributed by atoms with Crippen LogP contribution in [0.25, 0.3) is 22.0 Å². The molecule has 1 aliphatic carbocycles. The second-order valence-electron chi connectivity index (χ2n) is 9.91. The normalized spacial score (nSPS) is 17.8. The summed E-state index contributed by atoms with van der Waals surface area (Å²) in [7, 11) is 0. The molecule has 8 nitrogen and oxygen atoms in total. The Kier molecular flexibility index (Phi) is 9.26. The van der Waals surface area contributed by atoms with Crippen molar-refractivity contribution in [1.82, 2.24) is 15.1 Å². The van der Waals surface area contributed by atoms with E-state index < -0.39 is 6.09 Å². The van der Waals surface area contributed by atoms with Crippen LogP contribution >= 0.6 is 24.0 Å². The van der Waals surface area contributed by atoms with Crippen molar-refractivity contribution in [2.75, 3.05) is 25.0 Å². The molecule has 10 heteroatoms. The number of aromatic nitrogens is 2. The van der Waals surface area contributed by atoms with Gasteiger partial charge in [-0.05, 0) is 74.0 Å². The van der Waals surface area contributed by atoms with E-state index in [4.69, 9.17) is 16.3 Å². The third-order valence-corrected chi connectivity index (χ3v) is 7.67. The van der Waals surface area contributed by atoms with Crippen LogP contribution in [0.4, 0.5) is 10.6 Å². The lowest BCUT2D eigenvalue weighted by atomic mass is 9.90. The van der Waals surface area contributed by atoms with Crippen molar-refractivity contribution in [1.29, 1.82) is 5.26 Å². The summed E-state index contributed by atoms with van der Waals surface area (Å²) in [6.07, 6.45) is 6.85. The quantitative estimate of drug-likeness (QED) is 0.390. The van der Waals surface area contributed by atoms with E-state index in [1.54, 1.807) is 24.3 Å². The standard InChI is InChI=1S/C28H30ClN5O3.ClH/c29-24-10-8-19(15-30)13-22(24)20-9-11-25-23(14-20)26(32-27(35)21-7-4-12-31-16-21)33-34(25)28(36)37-17-18-5-2-1-3-6-18;/h8-11,13-14,18,21,31H,1-7,12,16-17H2,(H,32,33,35);1H/t21-;/m1./s1. The van der Waals surface area contributed by atoms with Crippen molar-refractivity contribution < 1.29 is 14.3 Å². The van der Waals surface area contributed by atoms with E-state index in [0.29, 0.717) is 51.9 Å². The molecule has 1 saturated heterocycles. The van der Waals surface area contributed by atoms with Crippen LogP contribution in [0.15, 0.2) is 36.4 Å². The number of hydrogen-bond donors (Lipinski definition) is 2. The minimum atomic E-state index is -0.562. The van der Waals surface area contributed by atoms with E-state index in [1.807, 2.05) is 12.1 Å². The molecule has 200 valence electrons. The molecule has 1 atom stereocenters. The lowest BCUT2D eigenvalue weighted by Gasteiger charge is -2.21. The average molecular weight is 556 g/mol. The highest BCUT2D eigenvalue weighted by molar-refractivity contribution is 6.33. The Morgan fingerprint density at radius 1 is 1.13 bits per heavy atom. The Labute approximate surface area is 233 Å². The molecule has 1 saturated carbocycles. The molecule has 3 aromatic rings. The zero-order chi connectivity index (χ0) is 25.8. The van der Waals surface area contributed by atoms with Crippen molar-refractivity contribution in [2.24, 2.45) is 11.8 Å². The summed E-state index contributed by atoms with van der Waals surface area (Å²) >= 11 is 6.45. The second-order valence-corrected chi connectivity index (χ2v) is 10.3. The van der Waals surface area contributed by atoms with E-state index in [-0.39, 0.29) is 24.2 Å². The molecule has 5 rings (SSSR count). The van der Waals surface area contributed by atoms with Gasteiger partial charge in [0, 0.05) is 22.5 Å². The van der Waals surface area contributed by atoms with Crippen molar-refractivity contribution in [3.05, 3.63) is 47.0 Å². The maximum absolute atomic E-state index is 13.1. The fraction of sp³-hybridized carbons (Fsp3) is 0.429. The number of nitriles is 1. The molecular weight excluding hydrogens is 525 g/mol. The third-order valence-electron chi connectivity index (χ3n) is 7.34. The smallest absolute Gasteiger partial charge is 0.435 e. The van der Waals surface area contributed by atoms with Crippen LogP contribution in [-0.4, -0.2) is 41.5 Å². The van der Waals surface area contributed by atoms with Gasteiger partial charge in [-0.15, -0.1) is 17.5 Å². The molecule has 2 N–H and O–H groups in total. The Morgan fingerprint density at radius 3 is 2.68 bits per heavy atom. The number of ether oxygens (including phenoxy) is 1. The number of piperidine rings is 1. The number of anilines is 1. The highest BCUT2D eigenvalue weighted by Crippen LogP contribution is 2.34. The van der Waals surface area contributed by atoms with Crippen LogP contribution in [0.1, 0.15) is 50.5 Å². The van der Waals surface area contributed by atoms with Crippen LogP contribution < -0.4 is 10.6 Å². The van der Waals surface area contributed by atoms with Gasteiger partial charge < -0.3 is 15.4 Å². The van der Waals surface area contributed by atoms with Gasteiger partial charge in [-0.25, -0.2) is 4.79 Å². The first kappa shape index (κ1) is 27.9.